The van der Waals surface area contributed by atoms with E-state index in [1.807, 2.05) is 0 Å². The first-order valence-electron chi connectivity index (χ1n) is 6.01. The van der Waals surface area contributed by atoms with Crippen molar-refractivity contribution in [3.05, 3.63) is 42.0 Å². The van der Waals surface area contributed by atoms with Crippen LogP contribution in [0.4, 0.5) is 10.1 Å². The van der Waals surface area contributed by atoms with Gasteiger partial charge in [0.25, 0.3) is 0 Å². The lowest BCUT2D eigenvalue weighted by Crippen LogP contribution is -1.95. The number of pyridine rings is 1. The summed E-state index contributed by atoms with van der Waals surface area (Å²) in [5.74, 6) is 0.382. The Bertz CT molecular complexity index is 633. The number of halogens is 1. The van der Waals surface area contributed by atoms with Crippen molar-refractivity contribution in [1.82, 2.24) is 4.98 Å². The second-order valence-corrected chi connectivity index (χ2v) is 5.96. The molecule has 0 saturated carbocycles. The Balaban J connectivity index is 1.94. The van der Waals surface area contributed by atoms with E-state index in [1.54, 1.807) is 36.2 Å². The van der Waals surface area contributed by atoms with Crippen molar-refractivity contribution < 1.29 is 9.13 Å². The van der Waals surface area contributed by atoms with Crippen molar-refractivity contribution in [2.24, 2.45) is 0 Å². The maximum absolute atomic E-state index is 13.7. The van der Waals surface area contributed by atoms with Gasteiger partial charge in [-0.25, -0.2) is 4.39 Å². The van der Waals surface area contributed by atoms with E-state index in [0.29, 0.717) is 16.7 Å². The van der Waals surface area contributed by atoms with E-state index in [0.717, 1.165) is 17.0 Å². The molecule has 19 heavy (non-hydrogen) atoms. The molecule has 5 heteroatoms. The van der Waals surface area contributed by atoms with Crippen LogP contribution in [0.3, 0.4) is 0 Å². The van der Waals surface area contributed by atoms with Gasteiger partial charge >= 0.3 is 0 Å². The van der Waals surface area contributed by atoms with Crippen molar-refractivity contribution in [3.8, 4) is 11.5 Å². The highest BCUT2D eigenvalue weighted by molar-refractivity contribution is 8.00. The summed E-state index contributed by atoms with van der Waals surface area (Å²) in [6, 6.07) is 6.18. The average Bonchev–Trinajstić information content (AvgIpc) is 2.74. The first-order valence-corrected chi connectivity index (χ1v) is 6.89. The van der Waals surface area contributed by atoms with Crippen LogP contribution in [-0.4, -0.2) is 10.2 Å². The maximum Gasteiger partial charge on any atom is 0.167 e. The topological polar surface area (TPSA) is 48.1 Å². The molecule has 2 aromatic rings. The summed E-state index contributed by atoms with van der Waals surface area (Å²) in [5, 5.41) is 0.475. The molecule has 0 fully saturated rings. The van der Waals surface area contributed by atoms with Crippen LogP contribution < -0.4 is 10.5 Å². The average molecular weight is 276 g/mol. The molecule has 1 aliphatic rings. The standard InChI is InChI=1S/C14H13FN2OS/c1-8-6-11-14(19-8)13(4-5-17-11)18-12-3-2-9(16)7-10(12)15/h2-5,7-8H,6,16H2,1H3. The number of hydrogen-bond donors (Lipinski definition) is 1. The number of aromatic nitrogens is 1. The molecule has 3 rings (SSSR count). The van der Waals surface area contributed by atoms with Crippen molar-refractivity contribution in [1.29, 1.82) is 0 Å². The van der Waals surface area contributed by atoms with Gasteiger partial charge in [0.1, 0.15) is 5.75 Å². The molecular weight excluding hydrogens is 263 g/mol. The van der Waals surface area contributed by atoms with E-state index in [2.05, 4.69) is 11.9 Å². The fourth-order valence-corrected chi connectivity index (χ4v) is 3.20. The van der Waals surface area contributed by atoms with Gasteiger partial charge in [-0.15, -0.1) is 11.8 Å². The summed E-state index contributed by atoms with van der Waals surface area (Å²) in [5.41, 5.74) is 6.92. The Morgan fingerprint density at radius 3 is 3.00 bits per heavy atom. The van der Waals surface area contributed by atoms with Crippen molar-refractivity contribution in [2.75, 3.05) is 5.73 Å². The van der Waals surface area contributed by atoms with E-state index in [9.17, 15) is 4.39 Å². The Labute approximate surface area is 115 Å². The van der Waals surface area contributed by atoms with Crippen molar-refractivity contribution in [2.45, 2.75) is 23.5 Å². The van der Waals surface area contributed by atoms with Crippen molar-refractivity contribution >= 4 is 17.4 Å². The fourth-order valence-electron chi connectivity index (χ4n) is 2.06. The van der Waals surface area contributed by atoms with E-state index in [1.165, 1.54) is 6.07 Å². The van der Waals surface area contributed by atoms with Gasteiger partial charge in [0.05, 0.1) is 10.6 Å². The monoisotopic (exact) mass is 276 g/mol. The molecule has 0 aliphatic carbocycles. The van der Waals surface area contributed by atoms with Gasteiger partial charge in [-0.3, -0.25) is 4.98 Å². The predicted octanol–water partition coefficient (Wildman–Crippen LogP) is 3.63. The first kappa shape index (κ1) is 12.3. The zero-order chi connectivity index (χ0) is 13.4. The molecule has 1 aromatic carbocycles. The molecule has 1 aromatic heterocycles. The molecule has 0 amide bonds. The molecule has 2 N–H and O–H groups in total. The van der Waals surface area contributed by atoms with Crippen LogP contribution in [-0.2, 0) is 6.42 Å². The van der Waals surface area contributed by atoms with Gasteiger partial charge in [0.2, 0.25) is 0 Å². The lowest BCUT2D eigenvalue weighted by atomic mass is 10.2. The number of benzene rings is 1. The van der Waals surface area contributed by atoms with Gasteiger partial charge in [0, 0.05) is 35.7 Å². The lowest BCUT2D eigenvalue weighted by molar-refractivity contribution is 0.432. The van der Waals surface area contributed by atoms with Crippen LogP contribution in [0.5, 0.6) is 11.5 Å². The second-order valence-electron chi connectivity index (χ2n) is 4.51. The third-order valence-corrected chi connectivity index (χ3v) is 4.16. The summed E-state index contributed by atoms with van der Waals surface area (Å²) >= 11 is 1.71. The summed E-state index contributed by atoms with van der Waals surface area (Å²) in [4.78, 5) is 5.34. The molecular formula is C14H13FN2OS. The van der Waals surface area contributed by atoms with Gasteiger partial charge < -0.3 is 10.5 Å². The Morgan fingerprint density at radius 2 is 2.21 bits per heavy atom. The molecule has 3 nitrogen and oxygen atoms in total. The second kappa shape index (κ2) is 4.74. The Hall–Kier alpha value is -1.75. The molecule has 0 radical (unpaired) electrons. The fraction of sp³-hybridized carbons (Fsp3) is 0.214. The highest BCUT2D eigenvalue weighted by Crippen LogP contribution is 2.43. The molecule has 0 spiro atoms. The SMILES string of the molecule is CC1Cc2nccc(Oc3ccc(N)cc3F)c2S1. The van der Waals surface area contributed by atoms with Crippen LogP contribution in [0.2, 0.25) is 0 Å². The van der Waals surface area contributed by atoms with Crippen LogP contribution in [0.15, 0.2) is 35.4 Å². The smallest absolute Gasteiger partial charge is 0.167 e. The van der Waals surface area contributed by atoms with E-state index >= 15 is 0 Å². The first-order chi connectivity index (χ1) is 9.13. The minimum Gasteiger partial charge on any atom is -0.453 e. The van der Waals surface area contributed by atoms with Crippen LogP contribution in [0.25, 0.3) is 0 Å². The van der Waals surface area contributed by atoms with Crippen molar-refractivity contribution in [3.63, 3.8) is 0 Å². The quantitative estimate of drug-likeness (QED) is 0.851. The lowest BCUT2D eigenvalue weighted by Gasteiger charge is -2.10. The van der Waals surface area contributed by atoms with Crippen LogP contribution in [0.1, 0.15) is 12.6 Å². The summed E-state index contributed by atoms with van der Waals surface area (Å²) in [6.45, 7) is 2.14. The normalized spacial score (nSPS) is 17.3. The highest BCUT2D eigenvalue weighted by atomic mass is 32.2. The summed E-state index contributed by atoms with van der Waals surface area (Å²) < 4.78 is 19.4. The van der Waals surface area contributed by atoms with Crippen LogP contribution >= 0.6 is 11.8 Å². The number of rotatable bonds is 2. The summed E-state index contributed by atoms with van der Waals surface area (Å²) in [6.07, 6.45) is 2.61. The van der Waals surface area contributed by atoms with Gasteiger partial charge in [0.15, 0.2) is 11.6 Å². The molecule has 0 saturated heterocycles. The highest BCUT2D eigenvalue weighted by Gasteiger charge is 2.24. The number of anilines is 1. The molecule has 1 atom stereocenters. The number of fused-ring (bicyclic) bond motifs is 1. The number of thioether (sulfide) groups is 1. The number of hydrogen-bond acceptors (Lipinski definition) is 4. The van der Waals surface area contributed by atoms with Gasteiger partial charge in [-0.1, -0.05) is 6.92 Å². The largest absolute Gasteiger partial charge is 0.453 e. The van der Waals surface area contributed by atoms with Gasteiger partial charge in [-0.05, 0) is 12.1 Å². The molecule has 0 bridgehead atoms. The zero-order valence-electron chi connectivity index (χ0n) is 10.4. The predicted molar refractivity (Wildman–Crippen MR) is 74.1 cm³/mol. The molecule has 1 aliphatic heterocycles. The number of ether oxygens (including phenoxy) is 1. The van der Waals surface area contributed by atoms with Crippen LogP contribution in [0, 0.1) is 5.82 Å². The zero-order valence-corrected chi connectivity index (χ0v) is 11.2. The summed E-state index contributed by atoms with van der Waals surface area (Å²) in [7, 11) is 0. The Morgan fingerprint density at radius 1 is 1.37 bits per heavy atom. The molecule has 2 heterocycles. The molecule has 98 valence electrons. The number of nitrogen functional groups attached to an aromatic ring is 1. The number of nitrogens with two attached hydrogens (primary N) is 1. The Kier molecular flexibility index (Phi) is 3.06. The maximum atomic E-state index is 13.7. The van der Waals surface area contributed by atoms with Gasteiger partial charge in [-0.2, -0.15) is 0 Å². The minimum absolute atomic E-state index is 0.183. The third kappa shape index (κ3) is 2.38. The molecule has 1 unspecified atom stereocenters. The van der Waals surface area contributed by atoms with E-state index in [4.69, 9.17) is 10.5 Å². The van der Waals surface area contributed by atoms with E-state index in [-0.39, 0.29) is 5.75 Å². The van der Waals surface area contributed by atoms with E-state index < -0.39 is 5.82 Å². The third-order valence-electron chi connectivity index (χ3n) is 2.92. The number of nitrogens with zero attached hydrogens (tertiary/aromatic N) is 1. The minimum atomic E-state index is -0.457.